The number of nitrogens with zero attached hydrogens (tertiary/aromatic N) is 3. The molecule has 0 aliphatic heterocycles. The number of halogens is 3. The number of hydrogen-bond donors (Lipinski definition) is 1. The summed E-state index contributed by atoms with van der Waals surface area (Å²) in [5.41, 5.74) is 1.75. The average molecular weight is 363 g/mol. The molecule has 128 valence electrons. The van der Waals surface area contributed by atoms with Gasteiger partial charge in [0.1, 0.15) is 17.3 Å². The zero-order valence-electron chi connectivity index (χ0n) is 13.1. The second-order valence-corrected chi connectivity index (χ2v) is 5.92. The van der Waals surface area contributed by atoms with Gasteiger partial charge in [0.15, 0.2) is 0 Å². The van der Waals surface area contributed by atoms with Crippen molar-refractivity contribution < 1.29 is 13.6 Å². The first-order valence-electron chi connectivity index (χ1n) is 7.34. The van der Waals surface area contributed by atoms with E-state index in [2.05, 4.69) is 15.6 Å². The molecule has 0 aliphatic rings. The molecule has 0 atom stereocenters. The highest BCUT2D eigenvalue weighted by Gasteiger charge is 2.10. The summed E-state index contributed by atoms with van der Waals surface area (Å²) in [4.78, 5) is 12.1. The molecule has 0 spiro atoms. The zero-order chi connectivity index (χ0) is 18.0. The number of hydrogen-bond acceptors (Lipinski definition) is 3. The molecule has 8 heteroatoms. The van der Waals surface area contributed by atoms with Gasteiger partial charge in [-0.05, 0) is 48.9 Å². The predicted octanol–water partition coefficient (Wildman–Crippen LogP) is 3.44. The molecule has 1 amide bonds. The topological polar surface area (TPSA) is 59.8 Å². The monoisotopic (exact) mass is 362 g/mol. The van der Waals surface area contributed by atoms with E-state index in [9.17, 15) is 13.6 Å². The van der Waals surface area contributed by atoms with Crippen LogP contribution in [0.1, 0.15) is 21.6 Å². The van der Waals surface area contributed by atoms with Gasteiger partial charge in [-0.15, -0.1) is 5.10 Å². The average Bonchev–Trinajstić information content (AvgIpc) is 2.99. The van der Waals surface area contributed by atoms with E-state index in [1.807, 2.05) is 0 Å². The Morgan fingerprint density at radius 1 is 1.16 bits per heavy atom. The number of rotatable bonds is 4. The smallest absolute Gasteiger partial charge is 0.251 e. The van der Waals surface area contributed by atoms with E-state index in [0.717, 1.165) is 6.07 Å². The molecule has 0 bridgehead atoms. The minimum Gasteiger partial charge on any atom is -0.346 e. The number of benzene rings is 2. The number of aryl methyl sites for hydroxylation is 1. The van der Waals surface area contributed by atoms with Gasteiger partial charge in [-0.3, -0.25) is 4.79 Å². The molecule has 3 aromatic rings. The third-order valence-electron chi connectivity index (χ3n) is 3.39. The first-order valence-corrected chi connectivity index (χ1v) is 7.71. The van der Waals surface area contributed by atoms with E-state index in [-0.39, 0.29) is 17.1 Å². The van der Waals surface area contributed by atoms with Crippen molar-refractivity contribution in [2.45, 2.75) is 13.5 Å². The Kier molecular flexibility index (Phi) is 4.76. The van der Waals surface area contributed by atoms with Gasteiger partial charge < -0.3 is 5.32 Å². The molecular weight excluding hydrogens is 350 g/mol. The molecule has 5 nitrogen and oxygen atoms in total. The Morgan fingerprint density at radius 3 is 2.64 bits per heavy atom. The Bertz CT molecular complexity index is 902. The van der Waals surface area contributed by atoms with Crippen LogP contribution in [0.5, 0.6) is 0 Å². The van der Waals surface area contributed by atoms with Crippen molar-refractivity contribution in [3.63, 3.8) is 0 Å². The highest BCUT2D eigenvalue weighted by atomic mass is 35.5. The van der Waals surface area contributed by atoms with Crippen molar-refractivity contribution >= 4 is 17.5 Å². The predicted molar refractivity (Wildman–Crippen MR) is 88.6 cm³/mol. The van der Waals surface area contributed by atoms with Crippen LogP contribution in [0.2, 0.25) is 5.02 Å². The van der Waals surface area contributed by atoms with Crippen molar-refractivity contribution in [1.29, 1.82) is 0 Å². The minimum absolute atomic E-state index is 0.0947. The van der Waals surface area contributed by atoms with Crippen LogP contribution in [0.4, 0.5) is 8.78 Å². The number of amides is 1. The lowest BCUT2D eigenvalue weighted by molar-refractivity contribution is 0.0950. The van der Waals surface area contributed by atoms with Crippen LogP contribution in [0.25, 0.3) is 5.69 Å². The second kappa shape index (κ2) is 6.98. The Balaban J connectivity index is 1.70. The fraction of sp³-hybridized carbons (Fsp3) is 0.118. The number of carbonyl (C=O) groups is 1. The highest BCUT2D eigenvalue weighted by Crippen LogP contribution is 2.17. The Labute approximate surface area is 147 Å². The lowest BCUT2D eigenvalue weighted by Crippen LogP contribution is -2.23. The van der Waals surface area contributed by atoms with Gasteiger partial charge in [-0.1, -0.05) is 16.8 Å². The third-order valence-corrected chi connectivity index (χ3v) is 3.61. The molecular formula is C17H13ClF2N4O. The molecule has 1 aromatic heterocycles. The van der Waals surface area contributed by atoms with Crippen LogP contribution >= 0.6 is 11.6 Å². The molecule has 0 aliphatic carbocycles. The minimum atomic E-state index is -0.491. The maximum Gasteiger partial charge on any atom is 0.251 e. The van der Waals surface area contributed by atoms with Gasteiger partial charge in [0.2, 0.25) is 0 Å². The molecule has 1 N–H and O–H groups in total. The van der Waals surface area contributed by atoms with Crippen molar-refractivity contribution in [3.8, 4) is 5.69 Å². The molecule has 1 heterocycles. The standard InChI is InChI=1S/C17H13ClF2N4O/c1-10-2-11(4-13(19)3-10)17(25)21-8-15-9-24(23-22-15)16-6-12(18)5-14(20)7-16/h2-7,9H,8H2,1H3,(H,21,25). The third kappa shape index (κ3) is 4.19. The maximum atomic E-state index is 13.4. The quantitative estimate of drug-likeness (QED) is 0.773. The molecule has 0 unspecified atom stereocenters. The van der Waals surface area contributed by atoms with Gasteiger partial charge in [0.05, 0.1) is 18.4 Å². The Morgan fingerprint density at radius 2 is 1.92 bits per heavy atom. The van der Waals surface area contributed by atoms with Gasteiger partial charge >= 0.3 is 0 Å². The number of nitrogens with one attached hydrogen (secondary N) is 1. The summed E-state index contributed by atoms with van der Waals surface area (Å²) in [6.07, 6.45) is 1.54. The van der Waals surface area contributed by atoms with Gasteiger partial charge in [0, 0.05) is 10.6 Å². The largest absolute Gasteiger partial charge is 0.346 e. The lowest BCUT2D eigenvalue weighted by Gasteiger charge is -2.04. The first kappa shape index (κ1) is 17.0. The molecule has 0 saturated carbocycles. The van der Waals surface area contributed by atoms with E-state index < -0.39 is 17.5 Å². The molecule has 0 saturated heterocycles. The van der Waals surface area contributed by atoms with Crippen LogP contribution in [-0.4, -0.2) is 20.9 Å². The van der Waals surface area contributed by atoms with Crippen LogP contribution < -0.4 is 5.32 Å². The van der Waals surface area contributed by atoms with Crippen molar-refractivity contribution in [2.24, 2.45) is 0 Å². The van der Waals surface area contributed by atoms with Crippen LogP contribution in [0, 0.1) is 18.6 Å². The summed E-state index contributed by atoms with van der Waals surface area (Å²) >= 11 is 5.81. The van der Waals surface area contributed by atoms with Crippen LogP contribution in [0.3, 0.4) is 0 Å². The fourth-order valence-electron chi connectivity index (χ4n) is 2.32. The van der Waals surface area contributed by atoms with E-state index in [1.54, 1.807) is 19.2 Å². The van der Waals surface area contributed by atoms with Gasteiger partial charge in [0.25, 0.3) is 5.91 Å². The number of carbonyl (C=O) groups excluding carboxylic acids is 1. The van der Waals surface area contributed by atoms with Crippen molar-refractivity contribution in [3.05, 3.63) is 76.1 Å². The summed E-state index contributed by atoms with van der Waals surface area (Å²) in [6.45, 7) is 1.80. The highest BCUT2D eigenvalue weighted by molar-refractivity contribution is 6.30. The maximum absolute atomic E-state index is 13.4. The molecule has 25 heavy (non-hydrogen) atoms. The zero-order valence-corrected chi connectivity index (χ0v) is 13.9. The summed E-state index contributed by atoms with van der Waals surface area (Å²) in [5, 5.41) is 10.7. The van der Waals surface area contributed by atoms with Gasteiger partial charge in [-0.2, -0.15) is 0 Å². The van der Waals surface area contributed by atoms with Crippen LogP contribution in [0.15, 0.2) is 42.6 Å². The fourth-order valence-corrected chi connectivity index (χ4v) is 2.53. The van der Waals surface area contributed by atoms with E-state index in [4.69, 9.17) is 11.6 Å². The summed E-state index contributed by atoms with van der Waals surface area (Å²) < 4.78 is 28.1. The summed E-state index contributed by atoms with van der Waals surface area (Å²) in [7, 11) is 0. The molecule has 2 aromatic carbocycles. The van der Waals surface area contributed by atoms with E-state index in [1.165, 1.54) is 28.9 Å². The normalized spacial score (nSPS) is 10.7. The van der Waals surface area contributed by atoms with Crippen molar-refractivity contribution in [1.82, 2.24) is 20.3 Å². The van der Waals surface area contributed by atoms with E-state index in [0.29, 0.717) is 16.9 Å². The lowest BCUT2D eigenvalue weighted by atomic mass is 10.1. The summed E-state index contributed by atoms with van der Waals surface area (Å²) in [5.74, 6) is -1.39. The SMILES string of the molecule is Cc1cc(F)cc(C(=O)NCc2cn(-c3cc(F)cc(Cl)c3)nn2)c1. The number of aromatic nitrogens is 3. The molecule has 0 radical (unpaired) electrons. The Hall–Kier alpha value is -2.80. The van der Waals surface area contributed by atoms with E-state index >= 15 is 0 Å². The van der Waals surface area contributed by atoms with Crippen LogP contribution in [-0.2, 0) is 6.54 Å². The summed E-state index contributed by atoms with van der Waals surface area (Å²) in [6, 6.07) is 8.07. The van der Waals surface area contributed by atoms with Gasteiger partial charge in [-0.25, -0.2) is 13.5 Å². The molecule has 3 rings (SSSR count). The molecule has 0 fully saturated rings. The second-order valence-electron chi connectivity index (χ2n) is 5.48. The first-order chi connectivity index (χ1) is 11.9. The van der Waals surface area contributed by atoms with Crippen molar-refractivity contribution in [2.75, 3.05) is 0 Å².